The third-order valence-electron chi connectivity index (χ3n) is 3.86. The SMILES string of the molecule is CCCCn1c(-c2ccc(C)cc2C)ccc(C(=N)N)c1=O. The number of benzene rings is 1. The average molecular weight is 297 g/mol. The van der Waals surface area contributed by atoms with E-state index in [0.29, 0.717) is 6.54 Å². The number of nitrogens with two attached hydrogens (primary N) is 1. The van der Waals surface area contributed by atoms with Crippen molar-refractivity contribution in [2.24, 2.45) is 5.73 Å². The van der Waals surface area contributed by atoms with Crippen LogP contribution >= 0.6 is 0 Å². The molecule has 0 fully saturated rings. The standard InChI is InChI=1S/C18H23N3O/c1-4-5-10-21-16(9-8-15(17(19)20)18(21)22)14-7-6-12(2)11-13(14)3/h6-9,11H,4-5,10H2,1-3H3,(H3,19,20). The van der Waals surface area contributed by atoms with E-state index in [4.69, 9.17) is 11.1 Å². The van der Waals surface area contributed by atoms with Gasteiger partial charge in [0.2, 0.25) is 0 Å². The van der Waals surface area contributed by atoms with Crippen molar-refractivity contribution in [3.05, 3.63) is 57.4 Å². The average Bonchev–Trinajstić information content (AvgIpc) is 2.45. The van der Waals surface area contributed by atoms with Crippen LogP contribution < -0.4 is 11.3 Å². The van der Waals surface area contributed by atoms with E-state index in [2.05, 4.69) is 39.0 Å². The Morgan fingerprint density at radius 3 is 2.55 bits per heavy atom. The summed E-state index contributed by atoms with van der Waals surface area (Å²) in [5, 5.41) is 7.56. The lowest BCUT2D eigenvalue weighted by Gasteiger charge is -2.16. The largest absolute Gasteiger partial charge is 0.384 e. The van der Waals surface area contributed by atoms with E-state index in [0.717, 1.165) is 29.7 Å². The van der Waals surface area contributed by atoms with Gasteiger partial charge in [-0.1, -0.05) is 37.1 Å². The molecule has 0 saturated heterocycles. The molecule has 0 saturated carbocycles. The zero-order valence-electron chi connectivity index (χ0n) is 13.4. The number of rotatable bonds is 5. The first kappa shape index (κ1) is 16.0. The first-order chi connectivity index (χ1) is 10.5. The molecule has 0 amide bonds. The molecule has 2 rings (SSSR count). The Balaban J connectivity index is 2.66. The van der Waals surface area contributed by atoms with Crippen LogP contribution in [0.4, 0.5) is 0 Å². The smallest absolute Gasteiger partial charge is 0.262 e. The van der Waals surface area contributed by atoms with Crippen molar-refractivity contribution >= 4 is 5.84 Å². The summed E-state index contributed by atoms with van der Waals surface area (Å²) in [5.74, 6) is -0.178. The summed E-state index contributed by atoms with van der Waals surface area (Å²) >= 11 is 0. The highest BCUT2D eigenvalue weighted by atomic mass is 16.1. The summed E-state index contributed by atoms with van der Waals surface area (Å²) in [6.07, 6.45) is 1.92. The number of unbranched alkanes of at least 4 members (excludes halogenated alkanes) is 1. The van der Waals surface area contributed by atoms with Crippen LogP contribution in [0.1, 0.15) is 36.5 Å². The number of nitrogens with zero attached hydrogens (tertiary/aromatic N) is 1. The van der Waals surface area contributed by atoms with Crippen LogP contribution in [0.2, 0.25) is 0 Å². The molecule has 1 aromatic carbocycles. The summed E-state index contributed by atoms with van der Waals surface area (Å²) in [6.45, 7) is 6.84. The number of hydrogen-bond acceptors (Lipinski definition) is 2. The molecule has 0 spiro atoms. The Hall–Kier alpha value is -2.36. The number of nitrogens with one attached hydrogen (secondary N) is 1. The molecule has 2 aromatic rings. The van der Waals surface area contributed by atoms with E-state index < -0.39 is 0 Å². The summed E-state index contributed by atoms with van der Waals surface area (Å²) < 4.78 is 1.75. The first-order valence-corrected chi connectivity index (χ1v) is 7.61. The molecule has 22 heavy (non-hydrogen) atoms. The highest BCUT2D eigenvalue weighted by Crippen LogP contribution is 2.24. The van der Waals surface area contributed by atoms with Gasteiger partial charge in [-0.3, -0.25) is 10.2 Å². The van der Waals surface area contributed by atoms with Crippen LogP contribution in [0.3, 0.4) is 0 Å². The Morgan fingerprint density at radius 2 is 1.95 bits per heavy atom. The number of aromatic nitrogens is 1. The highest BCUT2D eigenvalue weighted by molar-refractivity contribution is 5.94. The van der Waals surface area contributed by atoms with Crippen LogP contribution in [-0.2, 0) is 6.54 Å². The van der Waals surface area contributed by atoms with Crippen molar-refractivity contribution in [1.29, 1.82) is 5.41 Å². The maximum atomic E-state index is 12.6. The van der Waals surface area contributed by atoms with Gasteiger partial charge in [0.05, 0.1) is 11.3 Å². The van der Waals surface area contributed by atoms with Crippen molar-refractivity contribution in [3.8, 4) is 11.3 Å². The van der Waals surface area contributed by atoms with Crippen LogP contribution in [0.5, 0.6) is 0 Å². The normalized spacial score (nSPS) is 10.7. The Bertz CT molecular complexity index is 759. The second-order valence-corrected chi connectivity index (χ2v) is 5.67. The van der Waals surface area contributed by atoms with Crippen LogP contribution in [-0.4, -0.2) is 10.4 Å². The van der Waals surface area contributed by atoms with Gasteiger partial charge >= 0.3 is 0 Å². The van der Waals surface area contributed by atoms with Gasteiger partial charge in [0.15, 0.2) is 0 Å². The van der Waals surface area contributed by atoms with Gasteiger partial charge in [-0.15, -0.1) is 0 Å². The molecule has 1 heterocycles. The Labute approximate surface area is 131 Å². The lowest BCUT2D eigenvalue weighted by atomic mass is 10.0. The molecule has 0 aliphatic heterocycles. The molecule has 3 N–H and O–H groups in total. The Morgan fingerprint density at radius 1 is 1.23 bits per heavy atom. The quantitative estimate of drug-likeness (QED) is 0.657. The summed E-state index contributed by atoms with van der Waals surface area (Å²) in [4.78, 5) is 12.6. The number of nitrogen functional groups attached to an aromatic ring is 1. The van der Waals surface area contributed by atoms with Crippen molar-refractivity contribution < 1.29 is 0 Å². The van der Waals surface area contributed by atoms with Crippen LogP contribution in [0, 0.1) is 19.3 Å². The van der Waals surface area contributed by atoms with E-state index in [-0.39, 0.29) is 17.0 Å². The molecule has 116 valence electrons. The lowest BCUT2D eigenvalue weighted by Crippen LogP contribution is -2.30. The minimum Gasteiger partial charge on any atom is -0.384 e. The molecule has 0 bridgehead atoms. The number of aryl methyl sites for hydroxylation is 2. The third-order valence-corrected chi connectivity index (χ3v) is 3.86. The highest BCUT2D eigenvalue weighted by Gasteiger charge is 2.13. The predicted octanol–water partition coefficient (Wildman–Crippen LogP) is 3.22. The fraction of sp³-hybridized carbons (Fsp3) is 0.333. The summed E-state index contributed by atoms with van der Waals surface area (Å²) in [5.41, 5.74) is 9.88. The van der Waals surface area contributed by atoms with Crippen molar-refractivity contribution in [2.45, 2.75) is 40.2 Å². The number of pyridine rings is 1. The van der Waals surface area contributed by atoms with Crippen LogP contribution in [0.15, 0.2) is 35.1 Å². The molecule has 0 unspecified atom stereocenters. The minimum atomic E-state index is -0.182. The lowest BCUT2D eigenvalue weighted by molar-refractivity contribution is 0.617. The molecule has 0 atom stereocenters. The minimum absolute atomic E-state index is 0.178. The maximum Gasteiger partial charge on any atom is 0.262 e. The van der Waals surface area contributed by atoms with Gasteiger partial charge < -0.3 is 10.3 Å². The van der Waals surface area contributed by atoms with Crippen molar-refractivity contribution in [1.82, 2.24) is 4.57 Å². The molecule has 4 nitrogen and oxygen atoms in total. The van der Waals surface area contributed by atoms with Gasteiger partial charge in [0, 0.05) is 12.1 Å². The van der Waals surface area contributed by atoms with Crippen LogP contribution in [0.25, 0.3) is 11.3 Å². The molecule has 0 radical (unpaired) electrons. The fourth-order valence-electron chi connectivity index (χ4n) is 2.66. The van der Waals surface area contributed by atoms with Gasteiger partial charge in [-0.25, -0.2) is 0 Å². The topological polar surface area (TPSA) is 71.9 Å². The van der Waals surface area contributed by atoms with Gasteiger partial charge in [-0.05, 0) is 38.0 Å². The molecule has 0 aliphatic carbocycles. The van der Waals surface area contributed by atoms with E-state index in [1.165, 1.54) is 5.56 Å². The molecule has 4 heteroatoms. The van der Waals surface area contributed by atoms with Gasteiger partial charge in [0.1, 0.15) is 5.84 Å². The number of hydrogen-bond donors (Lipinski definition) is 2. The van der Waals surface area contributed by atoms with E-state index >= 15 is 0 Å². The van der Waals surface area contributed by atoms with E-state index in [1.807, 2.05) is 6.07 Å². The van der Waals surface area contributed by atoms with Crippen molar-refractivity contribution in [3.63, 3.8) is 0 Å². The molecular weight excluding hydrogens is 274 g/mol. The second kappa shape index (κ2) is 6.60. The second-order valence-electron chi connectivity index (χ2n) is 5.67. The summed E-state index contributed by atoms with van der Waals surface area (Å²) in [7, 11) is 0. The molecular formula is C18H23N3O. The van der Waals surface area contributed by atoms with Crippen molar-refractivity contribution in [2.75, 3.05) is 0 Å². The van der Waals surface area contributed by atoms with E-state index in [1.54, 1.807) is 10.6 Å². The first-order valence-electron chi connectivity index (χ1n) is 7.61. The monoisotopic (exact) mass is 297 g/mol. The maximum absolute atomic E-state index is 12.6. The molecule has 0 aliphatic rings. The van der Waals surface area contributed by atoms with E-state index in [9.17, 15) is 4.79 Å². The zero-order valence-corrected chi connectivity index (χ0v) is 13.4. The third kappa shape index (κ3) is 3.11. The predicted molar refractivity (Wildman–Crippen MR) is 91.5 cm³/mol. The Kier molecular flexibility index (Phi) is 4.81. The summed E-state index contributed by atoms with van der Waals surface area (Å²) in [6, 6.07) is 9.77. The fourth-order valence-corrected chi connectivity index (χ4v) is 2.66. The number of amidine groups is 1. The molecule has 1 aromatic heterocycles. The van der Waals surface area contributed by atoms with Gasteiger partial charge in [0.25, 0.3) is 5.56 Å². The van der Waals surface area contributed by atoms with Gasteiger partial charge in [-0.2, -0.15) is 0 Å². The zero-order chi connectivity index (χ0) is 16.3.